The largest absolute Gasteiger partial charge is 0.365 e. The van der Waals surface area contributed by atoms with Gasteiger partial charge in [0, 0.05) is 28.0 Å². The standard InChI is InChI=1S/C18H16N2/c1-10-13-8-9-19-12(3)16(13)11(2)17-14-6-4-5-7-15(14)20-18(10)17/h4-9,19H,1-3H3. The molecule has 0 saturated heterocycles. The van der Waals surface area contributed by atoms with Gasteiger partial charge in [-0.05, 0) is 49.4 Å². The Balaban J connectivity index is 2.40. The number of rotatable bonds is 0. The van der Waals surface area contributed by atoms with Gasteiger partial charge in [0.1, 0.15) is 0 Å². The molecule has 0 bridgehead atoms. The first kappa shape index (κ1) is 11.5. The first-order valence-corrected chi connectivity index (χ1v) is 6.94. The third kappa shape index (κ3) is 1.31. The Kier molecular flexibility index (Phi) is 2.19. The summed E-state index contributed by atoms with van der Waals surface area (Å²) in [6, 6.07) is 10.6. The second kappa shape index (κ2) is 3.83. The number of nitrogens with one attached hydrogen (secondary N) is 1. The van der Waals surface area contributed by atoms with Crippen molar-refractivity contribution >= 4 is 32.6 Å². The summed E-state index contributed by atoms with van der Waals surface area (Å²) >= 11 is 0. The molecule has 2 heteroatoms. The van der Waals surface area contributed by atoms with Gasteiger partial charge in [0.05, 0.1) is 11.0 Å². The van der Waals surface area contributed by atoms with Crippen LogP contribution in [0.2, 0.25) is 0 Å². The number of nitrogens with zero attached hydrogens (tertiary/aromatic N) is 1. The highest BCUT2D eigenvalue weighted by Gasteiger charge is 2.15. The lowest BCUT2D eigenvalue weighted by atomic mass is 9.95. The van der Waals surface area contributed by atoms with Crippen molar-refractivity contribution in [1.29, 1.82) is 0 Å². The topological polar surface area (TPSA) is 28.7 Å². The predicted octanol–water partition coefficient (Wildman–Crippen LogP) is 4.79. The average Bonchev–Trinajstić information content (AvgIpc) is 2.84. The molecular weight excluding hydrogens is 244 g/mol. The predicted molar refractivity (Wildman–Crippen MR) is 85.3 cm³/mol. The van der Waals surface area contributed by atoms with E-state index in [1.54, 1.807) is 0 Å². The molecule has 0 aliphatic carbocycles. The molecule has 4 aromatic rings. The molecule has 98 valence electrons. The third-order valence-corrected chi connectivity index (χ3v) is 4.35. The lowest BCUT2D eigenvalue weighted by molar-refractivity contribution is 1.23. The normalized spacial score (nSPS) is 11.8. The van der Waals surface area contributed by atoms with Crippen molar-refractivity contribution in [2.24, 2.45) is 0 Å². The lowest BCUT2D eigenvalue weighted by Gasteiger charge is -2.11. The molecule has 2 nitrogen and oxygen atoms in total. The van der Waals surface area contributed by atoms with Gasteiger partial charge in [0.2, 0.25) is 0 Å². The molecule has 0 saturated carbocycles. The molecule has 20 heavy (non-hydrogen) atoms. The van der Waals surface area contributed by atoms with Crippen molar-refractivity contribution < 1.29 is 0 Å². The Morgan fingerprint density at radius 2 is 1.65 bits per heavy atom. The smallest absolute Gasteiger partial charge is 0.0754 e. The van der Waals surface area contributed by atoms with E-state index >= 15 is 0 Å². The molecule has 2 aromatic heterocycles. The number of hydrogen-bond acceptors (Lipinski definition) is 1. The van der Waals surface area contributed by atoms with E-state index < -0.39 is 0 Å². The van der Waals surface area contributed by atoms with Crippen LogP contribution >= 0.6 is 0 Å². The zero-order valence-corrected chi connectivity index (χ0v) is 11.9. The zero-order chi connectivity index (χ0) is 13.9. The van der Waals surface area contributed by atoms with Crippen LogP contribution in [-0.2, 0) is 0 Å². The number of aromatic amines is 1. The second-order valence-electron chi connectivity index (χ2n) is 5.49. The van der Waals surface area contributed by atoms with Gasteiger partial charge in [-0.3, -0.25) is 0 Å². The molecule has 2 aromatic carbocycles. The number of benzene rings is 2. The highest BCUT2D eigenvalue weighted by molar-refractivity contribution is 6.16. The van der Waals surface area contributed by atoms with Crippen molar-refractivity contribution in [2.75, 3.05) is 0 Å². The summed E-state index contributed by atoms with van der Waals surface area (Å²) in [5.41, 5.74) is 6.04. The summed E-state index contributed by atoms with van der Waals surface area (Å²) in [5, 5.41) is 5.19. The van der Waals surface area contributed by atoms with E-state index in [0.717, 1.165) is 11.0 Å². The van der Waals surface area contributed by atoms with E-state index in [0.29, 0.717) is 0 Å². The monoisotopic (exact) mass is 260 g/mol. The highest BCUT2D eigenvalue weighted by Crippen LogP contribution is 2.36. The van der Waals surface area contributed by atoms with Gasteiger partial charge in [-0.25, -0.2) is 4.98 Å². The van der Waals surface area contributed by atoms with Crippen molar-refractivity contribution in [3.8, 4) is 0 Å². The second-order valence-corrected chi connectivity index (χ2v) is 5.49. The van der Waals surface area contributed by atoms with Crippen LogP contribution in [-0.4, -0.2) is 9.97 Å². The molecule has 0 radical (unpaired) electrons. The Labute approximate surface area is 117 Å². The lowest BCUT2D eigenvalue weighted by Crippen LogP contribution is -1.91. The minimum absolute atomic E-state index is 1.09. The summed E-state index contributed by atoms with van der Waals surface area (Å²) in [7, 11) is 0. The van der Waals surface area contributed by atoms with Gasteiger partial charge in [-0.15, -0.1) is 0 Å². The number of hydrogen-bond donors (Lipinski definition) is 1. The minimum atomic E-state index is 1.09. The van der Waals surface area contributed by atoms with E-state index in [1.807, 2.05) is 6.20 Å². The van der Waals surface area contributed by atoms with Crippen LogP contribution in [0.3, 0.4) is 0 Å². The SMILES string of the molecule is Cc1c2cc[nH]c(C)c2c(C)c2c1nc1ccccc12. The van der Waals surface area contributed by atoms with Gasteiger partial charge in [-0.1, -0.05) is 18.2 Å². The van der Waals surface area contributed by atoms with Crippen LogP contribution in [0, 0.1) is 20.8 Å². The maximum atomic E-state index is 4.85. The van der Waals surface area contributed by atoms with Gasteiger partial charge >= 0.3 is 0 Å². The van der Waals surface area contributed by atoms with Crippen LogP contribution in [0.4, 0.5) is 0 Å². The molecule has 0 atom stereocenters. The number of aromatic nitrogens is 2. The number of H-pyrrole nitrogens is 1. The van der Waals surface area contributed by atoms with Crippen LogP contribution in [0.5, 0.6) is 0 Å². The van der Waals surface area contributed by atoms with E-state index in [9.17, 15) is 0 Å². The van der Waals surface area contributed by atoms with E-state index in [-0.39, 0.29) is 0 Å². The van der Waals surface area contributed by atoms with Crippen LogP contribution in [0.1, 0.15) is 16.8 Å². The van der Waals surface area contributed by atoms with Crippen molar-refractivity contribution in [3.63, 3.8) is 0 Å². The number of aryl methyl sites for hydroxylation is 3. The molecule has 0 amide bonds. The maximum absolute atomic E-state index is 4.85. The molecule has 0 fully saturated rings. The molecule has 0 aliphatic rings. The van der Waals surface area contributed by atoms with Crippen molar-refractivity contribution in [3.05, 3.63) is 53.3 Å². The number of fused-ring (bicyclic) bond motifs is 4. The van der Waals surface area contributed by atoms with Crippen molar-refractivity contribution in [1.82, 2.24) is 9.97 Å². The summed E-state index contributed by atoms with van der Waals surface area (Å²) in [6.45, 7) is 6.52. The quantitative estimate of drug-likeness (QED) is 0.483. The van der Waals surface area contributed by atoms with Gasteiger partial charge < -0.3 is 4.98 Å². The fraction of sp³-hybridized carbons (Fsp3) is 0.167. The molecular formula is C18H16N2. The first-order valence-electron chi connectivity index (χ1n) is 6.94. The van der Waals surface area contributed by atoms with Crippen LogP contribution in [0.25, 0.3) is 32.6 Å². The molecule has 0 unspecified atom stereocenters. The summed E-state index contributed by atoms with van der Waals surface area (Å²) in [5.74, 6) is 0. The third-order valence-electron chi connectivity index (χ3n) is 4.35. The number of para-hydroxylation sites is 1. The van der Waals surface area contributed by atoms with Gasteiger partial charge in [0.15, 0.2) is 0 Å². The molecule has 1 N–H and O–H groups in total. The van der Waals surface area contributed by atoms with Crippen LogP contribution in [0.15, 0.2) is 36.5 Å². The van der Waals surface area contributed by atoms with Crippen molar-refractivity contribution in [2.45, 2.75) is 20.8 Å². The Bertz CT molecular complexity index is 977. The summed E-state index contributed by atoms with van der Waals surface area (Å²) in [6.07, 6.45) is 2.01. The van der Waals surface area contributed by atoms with Crippen LogP contribution < -0.4 is 0 Å². The van der Waals surface area contributed by atoms with E-state index in [2.05, 4.69) is 56.1 Å². The van der Waals surface area contributed by atoms with Gasteiger partial charge in [-0.2, -0.15) is 0 Å². The van der Waals surface area contributed by atoms with E-state index in [1.165, 1.54) is 38.4 Å². The Morgan fingerprint density at radius 3 is 2.50 bits per heavy atom. The van der Waals surface area contributed by atoms with Gasteiger partial charge in [0.25, 0.3) is 0 Å². The molecule has 0 aliphatic heterocycles. The highest BCUT2D eigenvalue weighted by atomic mass is 14.7. The molecule has 4 rings (SSSR count). The van der Waals surface area contributed by atoms with E-state index in [4.69, 9.17) is 4.98 Å². The summed E-state index contributed by atoms with van der Waals surface area (Å²) in [4.78, 5) is 8.17. The Hall–Kier alpha value is -2.35. The minimum Gasteiger partial charge on any atom is -0.365 e. The maximum Gasteiger partial charge on any atom is 0.0754 e. The molecule has 2 heterocycles. The fourth-order valence-electron chi connectivity index (χ4n) is 3.39. The zero-order valence-electron chi connectivity index (χ0n) is 11.9. The first-order chi connectivity index (χ1) is 9.68. The summed E-state index contributed by atoms with van der Waals surface area (Å²) < 4.78 is 0. The number of pyridine rings is 1. The fourth-order valence-corrected chi connectivity index (χ4v) is 3.39. The average molecular weight is 260 g/mol. The Morgan fingerprint density at radius 1 is 0.850 bits per heavy atom. The molecule has 0 spiro atoms.